The van der Waals surface area contributed by atoms with Gasteiger partial charge in [-0.05, 0) is 61.6 Å². The van der Waals surface area contributed by atoms with Crippen molar-refractivity contribution in [3.05, 3.63) is 46.5 Å². The fourth-order valence-corrected chi connectivity index (χ4v) is 4.46. The van der Waals surface area contributed by atoms with Crippen LogP contribution in [0.15, 0.2) is 24.7 Å². The van der Waals surface area contributed by atoms with Gasteiger partial charge in [0.2, 0.25) is 0 Å². The van der Waals surface area contributed by atoms with E-state index in [1.54, 1.807) is 6.20 Å². The van der Waals surface area contributed by atoms with Crippen LogP contribution in [0, 0.1) is 5.92 Å². The standard InChI is InChI=1S/C19H25ClN4O/c20-15-9-23-24(12-15)11-13-7-17(19(25)8-13)22-10-18-16-4-2-1-3-14(16)5-6-21-18/h5-6,9,12-13,17,19,22,25H,1-4,7-8,10-11H2/t13?,17-,19-/m1/s1. The Morgan fingerprint density at radius 1 is 1.28 bits per heavy atom. The zero-order valence-electron chi connectivity index (χ0n) is 14.4. The molecule has 1 unspecified atom stereocenters. The maximum atomic E-state index is 10.4. The van der Waals surface area contributed by atoms with Gasteiger partial charge in [-0.1, -0.05) is 11.6 Å². The lowest BCUT2D eigenvalue weighted by molar-refractivity contribution is 0.145. The van der Waals surface area contributed by atoms with Crippen LogP contribution in [0.4, 0.5) is 0 Å². The van der Waals surface area contributed by atoms with Gasteiger partial charge in [0, 0.05) is 31.5 Å². The zero-order chi connectivity index (χ0) is 17.2. The average molecular weight is 361 g/mol. The lowest BCUT2D eigenvalue weighted by atomic mass is 9.91. The summed E-state index contributed by atoms with van der Waals surface area (Å²) in [6.45, 7) is 1.55. The molecule has 0 saturated heterocycles. The number of nitrogens with one attached hydrogen (secondary N) is 1. The molecular formula is C19H25ClN4O. The summed E-state index contributed by atoms with van der Waals surface area (Å²) < 4.78 is 1.87. The fourth-order valence-electron chi connectivity index (χ4n) is 4.31. The van der Waals surface area contributed by atoms with Gasteiger partial charge in [-0.25, -0.2) is 0 Å². The molecule has 0 radical (unpaired) electrons. The minimum absolute atomic E-state index is 0.122. The molecule has 0 amide bonds. The first-order valence-corrected chi connectivity index (χ1v) is 9.62. The molecule has 2 heterocycles. The topological polar surface area (TPSA) is 63.0 Å². The molecule has 0 bridgehead atoms. The Labute approximate surface area is 153 Å². The smallest absolute Gasteiger partial charge is 0.0785 e. The molecule has 2 aromatic rings. The van der Waals surface area contributed by atoms with Crippen LogP contribution < -0.4 is 5.32 Å². The maximum Gasteiger partial charge on any atom is 0.0785 e. The number of halogens is 1. The van der Waals surface area contributed by atoms with Crippen molar-refractivity contribution < 1.29 is 5.11 Å². The number of rotatable bonds is 5. The van der Waals surface area contributed by atoms with E-state index in [0.717, 1.165) is 38.0 Å². The second-order valence-corrected chi connectivity index (χ2v) is 7.81. The van der Waals surface area contributed by atoms with Crippen molar-refractivity contribution in [2.24, 2.45) is 5.92 Å². The predicted molar refractivity (Wildman–Crippen MR) is 97.5 cm³/mol. The highest BCUT2D eigenvalue weighted by molar-refractivity contribution is 6.30. The number of aryl methyl sites for hydroxylation is 1. The van der Waals surface area contributed by atoms with E-state index in [1.165, 1.54) is 30.4 Å². The third-order valence-electron chi connectivity index (χ3n) is 5.57. The van der Waals surface area contributed by atoms with Crippen molar-refractivity contribution in [3.63, 3.8) is 0 Å². The van der Waals surface area contributed by atoms with Crippen LogP contribution in [-0.4, -0.2) is 32.0 Å². The molecule has 25 heavy (non-hydrogen) atoms. The van der Waals surface area contributed by atoms with E-state index in [2.05, 4.69) is 21.5 Å². The molecule has 5 nitrogen and oxygen atoms in total. The number of aromatic nitrogens is 3. The normalized spacial score (nSPS) is 25.9. The van der Waals surface area contributed by atoms with Crippen molar-refractivity contribution in [2.75, 3.05) is 0 Å². The molecule has 2 aromatic heterocycles. The van der Waals surface area contributed by atoms with Crippen molar-refractivity contribution >= 4 is 11.6 Å². The number of fused-ring (bicyclic) bond motifs is 1. The third kappa shape index (κ3) is 3.89. The zero-order valence-corrected chi connectivity index (χ0v) is 15.1. The minimum Gasteiger partial charge on any atom is -0.391 e. The number of hydrogen-bond donors (Lipinski definition) is 2. The number of hydrogen-bond acceptors (Lipinski definition) is 4. The molecule has 1 fully saturated rings. The van der Waals surface area contributed by atoms with Gasteiger partial charge in [0.1, 0.15) is 0 Å². The van der Waals surface area contributed by atoms with Crippen molar-refractivity contribution in [1.82, 2.24) is 20.1 Å². The summed E-state index contributed by atoms with van der Waals surface area (Å²) >= 11 is 5.93. The lowest BCUT2D eigenvalue weighted by Gasteiger charge is -2.21. The summed E-state index contributed by atoms with van der Waals surface area (Å²) in [5.41, 5.74) is 4.04. The fraction of sp³-hybridized carbons (Fsp3) is 0.579. The second-order valence-electron chi connectivity index (χ2n) is 7.38. The maximum absolute atomic E-state index is 10.4. The molecule has 2 N–H and O–H groups in total. The Morgan fingerprint density at radius 3 is 3.00 bits per heavy atom. The summed E-state index contributed by atoms with van der Waals surface area (Å²) in [4.78, 5) is 4.59. The van der Waals surface area contributed by atoms with Gasteiger partial charge in [0.25, 0.3) is 0 Å². The average Bonchev–Trinajstić information content (AvgIpc) is 3.18. The molecule has 6 heteroatoms. The summed E-state index contributed by atoms with van der Waals surface area (Å²) in [7, 11) is 0. The molecule has 0 aromatic carbocycles. The van der Waals surface area contributed by atoms with Gasteiger partial charge >= 0.3 is 0 Å². The molecule has 3 atom stereocenters. The van der Waals surface area contributed by atoms with Gasteiger partial charge < -0.3 is 10.4 Å². The van der Waals surface area contributed by atoms with E-state index >= 15 is 0 Å². The monoisotopic (exact) mass is 360 g/mol. The van der Waals surface area contributed by atoms with Crippen molar-refractivity contribution in [3.8, 4) is 0 Å². The van der Waals surface area contributed by atoms with Crippen molar-refractivity contribution in [1.29, 1.82) is 0 Å². The number of nitrogens with zero attached hydrogens (tertiary/aromatic N) is 3. The highest BCUT2D eigenvalue weighted by atomic mass is 35.5. The van der Waals surface area contributed by atoms with E-state index in [-0.39, 0.29) is 12.1 Å². The largest absolute Gasteiger partial charge is 0.391 e. The van der Waals surface area contributed by atoms with Crippen LogP contribution in [-0.2, 0) is 25.9 Å². The Morgan fingerprint density at radius 2 is 2.16 bits per heavy atom. The number of pyridine rings is 1. The van der Waals surface area contributed by atoms with Crippen LogP contribution in [0.5, 0.6) is 0 Å². The van der Waals surface area contributed by atoms with Crippen LogP contribution >= 0.6 is 11.6 Å². The van der Waals surface area contributed by atoms with E-state index in [1.807, 2.05) is 17.1 Å². The third-order valence-corrected chi connectivity index (χ3v) is 5.77. The summed E-state index contributed by atoms with van der Waals surface area (Å²) in [6, 6.07) is 2.28. The Balaban J connectivity index is 1.35. The van der Waals surface area contributed by atoms with Crippen molar-refractivity contribution in [2.45, 2.75) is 63.8 Å². The van der Waals surface area contributed by atoms with Crippen LogP contribution in [0.2, 0.25) is 5.02 Å². The Bertz CT molecular complexity index is 732. The first-order valence-electron chi connectivity index (χ1n) is 9.24. The molecule has 1 saturated carbocycles. The van der Waals surface area contributed by atoms with E-state index in [4.69, 9.17) is 11.6 Å². The van der Waals surface area contributed by atoms with Gasteiger partial charge in [-0.15, -0.1) is 0 Å². The van der Waals surface area contributed by atoms with E-state index in [9.17, 15) is 5.11 Å². The Kier molecular flexibility index (Phi) is 5.06. The van der Waals surface area contributed by atoms with Gasteiger partial charge in [0.05, 0.1) is 23.0 Å². The SMILES string of the molecule is O[C@@H]1CC(Cn2cc(Cl)cn2)C[C@H]1NCc1nccc2c1CCCC2. The summed E-state index contributed by atoms with van der Waals surface area (Å²) in [6.07, 6.45) is 11.7. The number of aliphatic hydroxyl groups is 1. The predicted octanol–water partition coefficient (Wildman–Crippen LogP) is 2.74. The molecule has 4 rings (SSSR count). The second kappa shape index (κ2) is 7.44. The highest BCUT2D eigenvalue weighted by Gasteiger charge is 2.33. The molecule has 134 valence electrons. The quantitative estimate of drug-likeness (QED) is 0.860. The first kappa shape index (κ1) is 17.0. The first-order chi connectivity index (χ1) is 12.2. The van der Waals surface area contributed by atoms with Crippen LogP contribution in [0.1, 0.15) is 42.5 Å². The highest BCUT2D eigenvalue weighted by Crippen LogP contribution is 2.29. The van der Waals surface area contributed by atoms with Gasteiger partial charge in [-0.3, -0.25) is 9.67 Å². The van der Waals surface area contributed by atoms with Crippen LogP contribution in [0.25, 0.3) is 0 Å². The molecule has 0 aliphatic heterocycles. The van der Waals surface area contributed by atoms with Crippen LogP contribution in [0.3, 0.4) is 0 Å². The molecule has 2 aliphatic rings. The molecule has 0 spiro atoms. The molecule has 2 aliphatic carbocycles. The minimum atomic E-state index is -0.310. The lowest BCUT2D eigenvalue weighted by Crippen LogP contribution is -2.35. The Hall–Kier alpha value is -1.43. The van der Waals surface area contributed by atoms with Gasteiger partial charge in [0.15, 0.2) is 0 Å². The molecular weight excluding hydrogens is 336 g/mol. The number of aliphatic hydroxyl groups excluding tert-OH is 1. The van der Waals surface area contributed by atoms with Gasteiger partial charge in [-0.2, -0.15) is 5.10 Å². The summed E-state index contributed by atoms with van der Waals surface area (Å²) in [5.74, 6) is 0.418. The van der Waals surface area contributed by atoms with E-state index in [0.29, 0.717) is 10.9 Å². The summed E-state index contributed by atoms with van der Waals surface area (Å²) in [5, 5.41) is 18.9. The van der Waals surface area contributed by atoms with E-state index < -0.39 is 0 Å².